The van der Waals surface area contributed by atoms with Gasteiger partial charge in [-0.05, 0) is 49.6 Å². The van der Waals surface area contributed by atoms with Gasteiger partial charge >= 0.3 is 0 Å². The van der Waals surface area contributed by atoms with Crippen LogP contribution in [0.25, 0.3) is 0 Å². The predicted octanol–water partition coefficient (Wildman–Crippen LogP) is 3.78. The van der Waals surface area contributed by atoms with E-state index >= 15 is 0 Å². The molecule has 2 aliphatic rings. The number of ether oxygens (including phenoxy) is 2. The Bertz CT molecular complexity index is 924. The van der Waals surface area contributed by atoms with E-state index < -0.39 is 5.41 Å². The Labute approximate surface area is 161 Å². The first-order valence-corrected chi connectivity index (χ1v) is 9.15. The number of carbonyl (C=O) groups excluding carboxylic acids is 2. The van der Waals surface area contributed by atoms with Gasteiger partial charge in [-0.1, -0.05) is 17.7 Å². The van der Waals surface area contributed by atoms with Gasteiger partial charge < -0.3 is 20.1 Å². The minimum Gasteiger partial charge on any atom is -0.486 e. The predicted molar refractivity (Wildman–Crippen MR) is 103 cm³/mol. The van der Waals surface area contributed by atoms with E-state index in [2.05, 4.69) is 10.6 Å². The Hall–Kier alpha value is -2.73. The van der Waals surface area contributed by atoms with E-state index in [1.165, 1.54) is 0 Å². The van der Waals surface area contributed by atoms with Gasteiger partial charge in [-0.15, -0.1) is 0 Å². The van der Waals surface area contributed by atoms with Crippen LogP contribution in [0.1, 0.15) is 18.4 Å². The molecular formula is C20H19ClN2O4. The van der Waals surface area contributed by atoms with Gasteiger partial charge in [0, 0.05) is 22.5 Å². The maximum atomic E-state index is 12.8. The molecule has 4 rings (SSSR count). The van der Waals surface area contributed by atoms with E-state index in [1.807, 2.05) is 6.92 Å². The third-order valence-corrected chi connectivity index (χ3v) is 5.34. The number of anilines is 2. The number of nitrogens with one attached hydrogen (secondary N) is 2. The largest absolute Gasteiger partial charge is 0.486 e. The Kier molecular flexibility index (Phi) is 4.44. The lowest BCUT2D eigenvalue weighted by molar-refractivity contribution is -0.131. The highest BCUT2D eigenvalue weighted by molar-refractivity contribution is 6.31. The molecule has 0 bridgehead atoms. The zero-order valence-electron chi connectivity index (χ0n) is 14.8. The van der Waals surface area contributed by atoms with Crippen LogP contribution in [0.4, 0.5) is 11.4 Å². The van der Waals surface area contributed by atoms with Crippen molar-refractivity contribution in [2.75, 3.05) is 23.8 Å². The summed E-state index contributed by atoms with van der Waals surface area (Å²) in [5.41, 5.74) is 0.908. The van der Waals surface area contributed by atoms with Crippen molar-refractivity contribution in [2.24, 2.45) is 5.41 Å². The molecule has 1 heterocycles. The van der Waals surface area contributed by atoms with E-state index in [9.17, 15) is 9.59 Å². The fourth-order valence-electron chi connectivity index (χ4n) is 3.04. The summed E-state index contributed by atoms with van der Waals surface area (Å²) in [6.45, 7) is 2.80. The lowest BCUT2D eigenvalue weighted by atomic mass is 10.0. The maximum Gasteiger partial charge on any atom is 0.240 e. The van der Waals surface area contributed by atoms with Crippen LogP contribution >= 0.6 is 11.6 Å². The van der Waals surface area contributed by atoms with Crippen molar-refractivity contribution in [1.82, 2.24) is 0 Å². The fourth-order valence-corrected chi connectivity index (χ4v) is 3.21. The van der Waals surface area contributed by atoms with E-state index in [-0.39, 0.29) is 11.8 Å². The van der Waals surface area contributed by atoms with E-state index in [0.29, 0.717) is 54.0 Å². The normalized spacial score (nSPS) is 16.4. The highest BCUT2D eigenvalue weighted by Gasteiger charge is 2.56. The molecule has 2 aromatic rings. The van der Waals surface area contributed by atoms with Crippen molar-refractivity contribution in [3.8, 4) is 11.5 Å². The minimum atomic E-state index is -1.05. The number of carbonyl (C=O) groups is 2. The summed E-state index contributed by atoms with van der Waals surface area (Å²) in [6.07, 6.45) is 1.02. The summed E-state index contributed by atoms with van der Waals surface area (Å²) in [6, 6.07) is 10.5. The summed E-state index contributed by atoms with van der Waals surface area (Å²) in [5, 5.41) is 6.24. The second kappa shape index (κ2) is 6.78. The molecule has 1 saturated carbocycles. The lowest BCUT2D eigenvalue weighted by Crippen LogP contribution is -2.35. The van der Waals surface area contributed by atoms with Crippen LogP contribution in [-0.4, -0.2) is 25.0 Å². The molecule has 7 heteroatoms. The van der Waals surface area contributed by atoms with Crippen LogP contribution in [0, 0.1) is 12.3 Å². The summed E-state index contributed by atoms with van der Waals surface area (Å²) in [5.74, 6) is 0.594. The van der Waals surface area contributed by atoms with Gasteiger partial charge in [0.05, 0.1) is 0 Å². The molecular weight excluding hydrogens is 368 g/mol. The Balaban J connectivity index is 1.48. The molecule has 1 aliphatic carbocycles. The zero-order chi connectivity index (χ0) is 19.0. The topological polar surface area (TPSA) is 76.7 Å². The molecule has 0 atom stereocenters. The van der Waals surface area contributed by atoms with Crippen LogP contribution in [0.5, 0.6) is 11.5 Å². The average molecular weight is 387 g/mol. The number of halogens is 1. The molecule has 0 radical (unpaired) electrons. The first kappa shape index (κ1) is 17.7. The van der Waals surface area contributed by atoms with E-state index in [4.69, 9.17) is 21.1 Å². The van der Waals surface area contributed by atoms with Crippen molar-refractivity contribution < 1.29 is 19.1 Å². The van der Waals surface area contributed by atoms with Crippen molar-refractivity contribution in [3.63, 3.8) is 0 Å². The minimum absolute atomic E-state index is 0.317. The fraction of sp³-hybridized carbons (Fsp3) is 0.300. The number of amides is 2. The van der Waals surface area contributed by atoms with Gasteiger partial charge in [0.25, 0.3) is 0 Å². The molecule has 0 aromatic heterocycles. The maximum absolute atomic E-state index is 12.8. The quantitative estimate of drug-likeness (QED) is 0.784. The zero-order valence-corrected chi connectivity index (χ0v) is 15.6. The summed E-state index contributed by atoms with van der Waals surface area (Å²) in [4.78, 5) is 25.5. The standard InChI is InChI=1S/C20H19ClN2O4/c1-12-14(21)3-2-4-15(12)23-19(25)20(7-8-20)18(24)22-13-5-6-16-17(11-13)27-10-9-26-16/h2-6,11H,7-10H2,1H3,(H,22,24)(H,23,25). The van der Waals surface area contributed by atoms with Gasteiger partial charge in [0.2, 0.25) is 11.8 Å². The Morgan fingerprint density at radius 3 is 2.44 bits per heavy atom. The average Bonchev–Trinajstić information content (AvgIpc) is 3.47. The van der Waals surface area contributed by atoms with Crippen LogP contribution < -0.4 is 20.1 Å². The number of hydrogen-bond donors (Lipinski definition) is 2. The number of hydrogen-bond acceptors (Lipinski definition) is 4. The summed E-state index contributed by atoms with van der Waals surface area (Å²) in [7, 11) is 0. The molecule has 2 aromatic carbocycles. The van der Waals surface area contributed by atoms with Crippen molar-refractivity contribution in [2.45, 2.75) is 19.8 Å². The van der Waals surface area contributed by atoms with Crippen LogP contribution in [0.15, 0.2) is 36.4 Å². The van der Waals surface area contributed by atoms with Gasteiger partial charge in [-0.25, -0.2) is 0 Å². The van der Waals surface area contributed by atoms with Crippen molar-refractivity contribution in [1.29, 1.82) is 0 Å². The molecule has 2 N–H and O–H groups in total. The lowest BCUT2D eigenvalue weighted by Gasteiger charge is -2.20. The molecule has 0 unspecified atom stereocenters. The first-order chi connectivity index (χ1) is 13.0. The molecule has 1 aliphatic heterocycles. The highest BCUT2D eigenvalue weighted by atomic mass is 35.5. The third-order valence-electron chi connectivity index (χ3n) is 4.94. The number of benzene rings is 2. The van der Waals surface area contributed by atoms with Crippen molar-refractivity contribution in [3.05, 3.63) is 47.0 Å². The highest BCUT2D eigenvalue weighted by Crippen LogP contribution is 2.48. The van der Waals surface area contributed by atoms with Crippen LogP contribution in [0.2, 0.25) is 5.02 Å². The molecule has 1 fully saturated rings. The van der Waals surface area contributed by atoms with Gasteiger partial charge in [-0.2, -0.15) is 0 Å². The summed E-state index contributed by atoms with van der Waals surface area (Å²) >= 11 is 6.10. The molecule has 27 heavy (non-hydrogen) atoms. The third kappa shape index (κ3) is 3.32. The van der Waals surface area contributed by atoms with Crippen LogP contribution in [0.3, 0.4) is 0 Å². The van der Waals surface area contributed by atoms with E-state index in [1.54, 1.807) is 36.4 Å². The van der Waals surface area contributed by atoms with Crippen LogP contribution in [-0.2, 0) is 9.59 Å². The van der Waals surface area contributed by atoms with E-state index in [0.717, 1.165) is 5.56 Å². The van der Waals surface area contributed by atoms with Gasteiger partial charge in [0.15, 0.2) is 11.5 Å². The Morgan fingerprint density at radius 1 is 1.00 bits per heavy atom. The number of fused-ring (bicyclic) bond motifs is 1. The molecule has 2 amide bonds. The van der Waals surface area contributed by atoms with Gasteiger partial charge in [0.1, 0.15) is 18.6 Å². The molecule has 6 nitrogen and oxygen atoms in total. The number of rotatable bonds is 4. The SMILES string of the molecule is Cc1c(Cl)cccc1NC(=O)C1(C(=O)Nc2ccc3c(c2)OCCO3)CC1. The monoisotopic (exact) mass is 386 g/mol. The first-order valence-electron chi connectivity index (χ1n) is 8.77. The Morgan fingerprint density at radius 2 is 1.70 bits per heavy atom. The van der Waals surface area contributed by atoms with Crippen molar-refractivity contribution >= 4 is 34.8 Å². The smallest absolute Gasteiger partial charge is 0.240 e. The molecule has 0 spiro atoms. The molecule has 0 saturated heterocycles. The molecule has 140 valence electrons. The van der Waals surface area contributed by atoms with Gasteiger partial charge in [-0.3, -0.25) is 9.59 Å². The second-order valence-electron chi connectivity index (χ2n) is 6.76. The summed E-state index contributed by atoms with van der Waals surface area (Å²) < 4.78 is 11.0. The second-order valence-corrected chi connectivity index (χ2v) is 7.17.